The van der Waals surface area contributed by atoms with Crippen LogP contribution in [0, 0.1) is 5.41 Å². The van der Waals surface area contributed by atoms with Gasteiger partial charge in [0.2, 0.25) is 11.8 Å². The molecule has 0 atom stereocenters. The van der Waals surface area contributed by atoms with Crippen molar-refractivity contribution in [2.24, 2.45) is 5.41 Å². The highest BCUT2D eigenvalue weighted by Crippen LogP contribution is 2.31. The Kier molecular flexibility index (Phi) is 6.19. The summed E-state index contributed by atoms with van der Waals surface area (Å²) in [6.07, 6.45) is 1.43. The van der Waals surface area contributed by atoms with Crippen LogP contribution in [-0.4, -0.2) is 34.8 Å². The Balaban J connectivity index is 2.12. The van der Waals surface area contributed by atoms with Crippen LogP contribution in [-0.2, 0) is 14.4 Å². The van der Waals surface area contributed by atoms with Crippen LogP contribution in [0.5, 0.6) is 0 Å². The number of hydrogen-bond donors (Lipinski definition) is 1. The molecule has 0 bridgehead atoms. The zero-order chi connectivity index (χ0) is 18.8. The molecule has 1 saturated heterocycles. The van der Waals surface area contributed by atoms with Crippen LogP contribution in [0.2, 0.25) is 10.0 Å². The highest BCUT2D eigenvalue weighted by molar-refractivity contribution is 8.04. The Morgan fingerprint density at radius 2 is 2.00 bits per heavy atom. The summed E-state index contributed by atoms with van der Waals surface area (Å²) in [5.41, 5.74) is -0.184. The van der Waals surface area contributed by atoms with Crippen LogP contribution in [0.4, 0.5) is 5.69 Å². The number of thioether (sulfide) groups is 1. The maximum atomic E-state index is 12.3. The third kappa shape index (κ3) is 5.23. The summed E-state index contributed by atoms with van der Waals surface area (Å²) < 4.78 is 0. The minimum Gasteiger partial charge on any atom is -0.323 e. The lowest BCUT2D eigenvalue weighted by Gasteiger charge is -2.19. The molecule has 1 heterocycles. The first-order valence-corrected chi connectivity index (χ1v) is 9.26. The first kappa shape index (κ1) is 19.8. The predicted octanol–water partition coefficient (Wildman–Crippen LogP) is 3.96. The second kappa shape index (κ2) is 7.81. The van der Waals surface area contributed by atoms with Gasteiger partial charge < -0.3 is 5.32 Å². The molecule has 2 amide bonds. The average Bonchev–Trinajstić information content (AvgIpc) is 2.83. The van der Waals surface area contributed by atoms with Gasteiger partial charge in [-0.05, 0) is 18.2 Å². The van der Waals surface area contributed by atoms with E-state index in [1.54, 1.807) is 32.9 Å². The van der Waals surface area contributed by atoms with Crippen molar-refractivity contribution in [1.82, 2.24) is 4.90 Å². The molecule has 5 nitrogen and oxygen atoms in total. The number of rotatable bonds is 4. The SMILES string of the molecule is CC(C)(C)C(=O)/C=C1\SCC(=O)N1CC(=O)Nc1cc(Cl)ccc1Cl. The number of carbonyl (C=O) groups is 3. The fourth-order valence-electron chi connectivity index (χ4n) is 1.96. The summed E-state index contributed by atoms with van der Waals surface area (Å²) in [5, 5.41) is 3.90. The van der Waals surface area contributed by atoms with Crippen molar-refractivity contribution >= 4 is 58.2 Å². The number of carbonyl (C=O) groups excluding carboxylic acids is 3. The summed E-state index contributed by atoms with van der Waals surface area (Å²) in [6, 6.07) is 4.71. The summed E-state index contributed by atoms with van der Waals surface area (Å²) in [7, 11) is 0. The lowest BCUT2D eigenvalue weighted by molar-refractivity contribution is -0.129. The molecule has 1 aliphatic rings. The molecule has 0 radical (unpaired) electrons. The number of halogens is 2. The second-order valence-corrected chi connectivity index (χ2v) is 8.38. The van der Waals surface area contributed by atoms with Gasteiger partial charge in [0.05, 0.1) is 21.5 Å². The van der Waals surface area contributed by atoms with Gasteiger partial charge in [-0.1, -0.05) is 55.7 Å². The molecule has 8 heteroatoms. The Hall–Kier alpha value is -1.50. The molecule has 1 aliphatic heterocycles. The van der Waals surface area contributed by atoms with Crippen LogP contribution in [0.25, 0.3) is 0 Å². The van der Waals surface area contributed by atoms with E-state index in [0.717, 1.165) is 0 Å². The molecular weight excluding hydrogens is 383 g/mol. The number of hydrogen-bond acceptors (Lipinski definition) is 4. The van der Waals surface area contributed by atoms with Crippen molar-refractivity contribution in [2.45, 2.75) is 20.8 Å². The van der Waals surface area contributed by atoms with Crippen molar-refractivity contribution in [1.29, 1.82) is 0 Å². The van der Waals surface area contributed by atoms with E-state index >= 15 is 0 Å². The van der Waals surface area contributed by atoms with E-state index < -0.39 is 11.3 Å². The zero-order valence-electron chi connectivity index (χ0n) is 14.1. The zero-order valence-corrected chi connectivity index (χ0v) is 16.4. The number of benzene rings is 1. The first-order valence-electron chi connectivity index (χ1n) is 7.52. The number of allylic oxidation sites excluding steroid dienone is 1. The Labute approximate surface area is 160 Å². The van der Waals surface area contributed by atoms with Gasteiger partial charge in [-0.25, -0.2) is 0 Å². The summed E-state index contributed by atoms with van der Waals surface area (Å²) in [4.78, 5) is 37.8. The molecule has 0 aromatic heterocycles. The van der Waals surface area contributed by atoms with Crippen molar-refractivity contribution < 1.29 is 14.4 Å². The van der Waals surface area contributed by atoms with E-state index in [2.05, 4.69) is 5.32 Å². The third-order valence-corrected chi connectivity index (χ3v) is 5.00. The minimum atomic E-state index is -0.554. The lowest BCUT2D eigenvalue weighted by atomic mass is 9.91. The number of anilines is 1. The maximum Gasteiger partial charge on any atom is 0.244 e. The number of nitrogens with zero attached hydrogens (tertiary/aromatic N) is 1. The fourth-order valence-corrected chi connectivity index (χ4v) is 3.23. The molecule has 0 unspecified atom stereocenters. The molecule has 1 fully saturated rings. The van der Waals surface area contributed by atoms with E-state index in [4.69, 9.17) is 23.2 Å². The molecule has 0 spiro atoms. The molecule has 134 valence electrons. The fraction of sp³-hybridized carbons (Fsp3) is 0.353. The Morgan fingerprint density at radius 1 is 1.32 bits per heavy atom. The molecule has 1 N–H and O–H groups in total. The number of amides is 2. The molecule has 0 saturated carbocycles. The molecule has 2 rings (SSSR count). The van der Waals surface area contributed by atoms with Crippen molar-refractivity contribution in [3.8, 4) is 0 Å². The Morgan fingerprint density at radius 3 is 2.64 bits per heavy atom. The normalized spacial score (nSPS) is 16.4. The average molecular weight is 401 g/mol. The summed E-state index contributed by atoms with van der Waals surface area (Å²) in [5.74, 6) is -0.540. The monoisotopic (exact) mass is 400 g/mol. The highest BCUT2D eigenvalue weighted by Gasteiger charge is 2.30. The quantitative estimate of drug-likeness (QED) is 0.776. The largest absolute Gasteiger partial charge is 0.323 e. The van der Waals surface area contributed by atoms with E-state index in [-0.39, 0.29) is 24.0 Å². The van der Waals surface area contributed by atoms with E-state index in [1.807, 2.05) is 0 Å². The molecule has 0 aliphatic carbocycles. The van der Waals surface area contributed by atoms with Crippen LogP contribution < -0.4 is 5.32 Å². The second-order valence-electron chi connectivity index (χ2n) is 6.54. The van der Waals surface area contributed by atoms with E-state index in [0.29, 0.717) is 20.8 Å². The van der Waals surface area contributed by atoms with Crippen LogP contribution in [0.1, 0.15) is 20.8 Å². The molecule has 1 aromatic carbocycles. The maximum absolute atomic E-state index is 12.3. The van der Waals surface area contributed by atoms with Crippen LogP contribution >= 0.6 is 35.0 Å². The van der Waals surface area contributed by atoms with Crippen LogP contribution in [0.3, 0.4) is 0 Å². The third-order valence-electron chi connectivity index (χ3n) is 3.41. The van der Waals surface area contributed by atoms with Gasteiger partial charge in [0.15, 0.2) is 5.78 Å². The van der Waals surface area contributed by atoms with Gasteiger partial charge in [-0.3, -0.25) is 19.3 Å². The van der Waals surface area contributed by atoms with Gasteiger partial charge >= 0.3 is 0 Å². The number of ketones is 1. The van der Waals surface area contributed by atoms with Gasteiger partial charge in [0.1, 0.15) is 6.54 Å². The van der Waals surface area contributed by atoms with Crippen molar-refractivity contribution in [2.75, 3.05) is 17.6 Å². The molecule has 25 heavy (non-hydrogen) atoms. The number of nitrogens with one attached hydrogen (secondary N) is 1. The topological polar surface area (TPSA) is 66.5 Å². The van der Waals surface area contributed by atoms with Crippen molar-refractivity contribution in [3.63, 3.8) is 0 Å². The van der Waals surface area contributed by atoms with Gasteiger partial charge in [-0.15, -0.1) is 0 Å². The minimum absolute atomic E-state index is 0.104. The lowest BCUT2D eigenvalue weighted by Crippen LogP contribution is -2.34. The summed E-state index contributed by atoms with van der Waals surface area (Å²) >= 11 is 13.2. The molecular formula is C17H18Cl2N2O3S. The predicted molar refractivity (Wildman–Crippen MR) is 102 cm³/mol. The van der Waals surface area contributed by atoms with E-state index in [1.165, 1.54) is 28.8 Å². The first-order chi connectivity index (χ1) is 11.6. The van der Waals surface area contributed by atoms with Gasteiger partial charge in [0, 0.05) is 16.5 Å². The van der Waals surface area contributed by atoms with Gasteiger partial charge in [0.25, 0.3) is 0 Å². The van der Waals surface area contributed by atoms with Crippen LogP contribution in [0.15, 0.2) is 29.3 Å². The Bertz CT molecular complexity index is 757. The highest BCUT2D eigenvalue weighted by atomic mass is 35.5. The smallest absolute Gasteiger partial charge is 0.244 e. The van der Waals surface area contributed by atoms with Crippen molar-refractivity contribution in [3.05, 3.63) is 39.3 Å². The molecule has 1 aromatic rings. The van der Waals surface area contributed by atoms with E-state index in [9.17, 15) is 14.4 Å². The van der Waals surface area contributed by atoms with Gasteiger partial charge in [-0.2, -0.15) is 0 Å². The standard InChI is InChI=1S/C17H18Cl2N2O3S/c1-17(2,3)13(22)7-16-21(15(24)9-25-16)8-14(23)20-12-6-10(18)4-5-11(12)19/h4-7H,8-9H2,1-3H3,(H,20,23)/b16-7-. The summed E-state index contributed by atoms with van der Waals surface area (Å²) in [6.45, 7) is 5.20.